The van der Waals surface area contributed by atoms with Gasteiger partial charge in [0.15, 0.2) is 6.17 Å². The van der Waals surface area contributed by atoms with E-state index in [0.29, 0.717) is 33.0 Å². The standard InChI is InChI=1S/C21H16ClF2N5/c22-14-5-6-16-17(13-25)20(21-27-8-3-9-28(21)15(11-23)12-24)29(18(16)10-14)19-4-1-2-7-26-19/h1-10,15,21H,11-12H2. The maximum Gasteiger partial charge on any atom is 0.163 e. The molecule has 3 aromatic rings. The van der Waals surface area contributed by atoms with Gasteiger partial charge in [0.1, 0.15) is 25.2 Å². The first-order valence-electron chi connectivity index (χ1n) is 8.94. The number of benzene rings is 1. The minimum Gasteiger partial charge on any atom is -0.343 e. The monoisotopic (exact) mass is 411 g/mol. The van der Waals surface area contributed by atoms with Crippen molar-refractivity contribution in [2.75, 3.05) is 13.3 Å². The number of halogens is 3. The maximum absolute atomic E-state index is 13.5. The van der Waals surface area contributed by atoms with Gasteiger partial charge in [-0.05, 0) is 36.4 Å². The molecule has 1 atom stereocenters. The highest BCUT2D eigenvalue weighted by Crippen LogP contribution is 2.38. The van der Waals surface area contributed by atoms with Crippen molar-refractivity contribution >= 4 is 28.7 Å². The lowest BCUT2D eigenvalue weighted by Gasteiger charge is -2.34. The van der Waals surface area contributed by atoms with Crippen LogP contribution in [0.15, 0.2) is 59.9 Å². The van der Waals surface area contributed by atoms with E-state index in [4.69, 9.17) is 11.6 Å². The lowest BCUT2D eigenvalue weighted by atomic mass is 10.1. The Morgan fingerprint density at radius 3 is 2.72 bits per heavy atom. The van der Waals surface area contributed by atoms with Gasteiger partial charge in [-0.2, -0.15) is 5.26 Å². The second-order valence-electron chi connectivity index (χ2n) is 6.48. The highest BCUT2D eigenvalue weighted by atomic mass is 35.5. The van der Waals surface area contributed by atoms with Gasteiger partial charge in [0.25, 0.3) is 0 Å². The van der Waals surface area contributed by atoms with Gasteiger partial charge >= 0.3 is 0 Å². The lowest BCUT2D eigenvalue weighted by molar-refractivity contribution is 0.144. The molecule has 0 fully saturated rings. The zero-order valence-corrected chi connectivity index (χ0v) is 16.0. The minimum atomic E-state index is -1.01. The summed E-state index contributed by atoms with van der Waals surface area (Å²) in [6, 6.07) is 11.8. The second-order valence-corrected chi connectivity index (χ2v) is 6.92. The molecule has 1 unspecified atom stereocenters. The van der Waals surface area contributed by atoms with E-state index >= 15 is 0 Å². The minimum absolute atomic E-state index is 0.362. The van der Waals surface area contributed by atoms with Crippen molar-refractivity contribution in [3.05, 3.63) is 71.2 Å². The predicted octanol–water partition coefficient (Wildman–Crippen LogP) is 4.76. The molecular formula is C21H16ClF2N5. The van der Waals surface area contributed by atoms with Crippen molar-refractivity contribution in [1.82, 2.24) is 14.5 Å². The Labute approximate surface area is 171 Å². The van der Waals surface area contributed by atoms with E-state index in [1.54, 1.807) is 59.6 Å². The number of rotatable bonds is 5. The number of fused-ring (bicyclic) bond motifs is 1. The van der Waals surface area contributed by atoms with Crippen LogP contribution in [0.25, 0.3) is 16.7 Å². The van der Waals surface area contributed by atoms with Gasteiger partial charge in [-0.3, -0.25) is 9.56 Å². The third kappa shape index (κ3) is 3.26. The third-order valence-electron chi connectivity index (χ3n) is 4.83. The Morgan fingerprint density at radius 1 is 1.21 bits per heavy atom. The molecule has 0 saturated heterocycles. The Balaban J connectivity index is 2.04. The average Bonchev–Trinajstić information content (AvgIpc) is 3.08. The Morgan fingerprint density at radius 2 is 2.03 bits per heavy atom. The maximum atomic E-state index is 13.5. The molecule has 0 bridgehead atoms. The fraction of sp³-hybridized carbons (Fsp3) is 0.190. The van der Waals surface area contributed by atoms with Gasteiger partial charge < -0.3 is 4.90 Å². The first-order chi connectivity index (χ1) is 14.2. The molecule has 1 aliphatic heterocycles. The molecule has 146 valence electrons. The van der Waals surface area contributed by atoms with Crippen LogP contribution >= 0.6 is 11.6 Å². The van der Waals surface area contributed by atoms with Gasteiger partial charge in [0, 0.05) is 29.0 Å². The summed E-state index contributed by atoms with van der Waals surface area (Å²) in [6.45, 7) is -1.77. The number of alkyl halides is 2. The topological polar surface area (TPSA) is 57.2 Å². The number of hydrogen-bond acceptors (Lipinski definition) is 4. The molecule has 29 heavy (non-hydrogen) atoms. The molecule has 8 heteroatoms. The van der Waals surface area contributed by atoms with Crippen molar-refractivity contribution in [2.45, 2.75) is 12.2 Å². The van der Waals surface area contributed by atoms with E-state index < -0.39 is 25.6 Å². The fourth-order valence-corrected chi connectivity index (χ4v) is 3.70. The summed E-state index contributed by atoms with van der Waals surface area (Å²) in [4.78, 5) is 10.4. The second kappa shape index (κ2) is 8.02. The molecule has 0 amide bonds. The number of aromatic nitrogens is 2. The zero-order valence-electron chi connectivity index (χ0n) is 15.2. The highest BCUT2D eigenvalue weighted by Gasteiger charge is 2.33. The van der Waals surface area contributed by atoms with Crippen LogP contribution in [0.2, 0.25) is 5.02 Å². The average molecular weight is 412 g/mol. The van der Waals surface area contributed by atoms with E-state index in [1.807, 2.05) is 6.07 Å². The van der Waals surface area contributed by atoms with E-state index in [2.05, 4.69) is 16.0 Å². The van der Waals surface area contributed by atoms with Crippen LogP contribution in [0, 0.1) is 11.3 Å². The van der Waals surface area contributed by atoms with Crippen LogP contribution in [0.1, 0.15) is 17.4 Å². The van der Waals surface area contributed by atoms with Crippen LogP contribution in [0.3, 0.4) is 0 Å². The molecule has 2 aromatic heterocycles. The lowest BCUT2D eigenvalue weighted by Crippen LogP contribution is -2.39. The molecule has 1 aliphatic rings. The van der Waals surface area contributed by atoms with Crippen LogP contribution in [-0.4, -0.2) is 40.1 Å². The van der Waals surface area contributed by atoms with E-state index in [1.165, 1.54) is 4.90 Å². The quantitative estimate of drug-likeness (QED) is 0.608. The van der Waals surface area contributed by atoms with Crippen molar-refractivity contribution in [3.8, 4) is 11.9 Å². The first-order valence-corrected chi connectivity index (χ1v) is 9.32. The molecule has 0 radical (unpaired) electrons. The van der Waals surface area contributed by atoms with Crippen LogP contribution in [-0.2, 0) is 0 Å². The summed E-state index contributed by atoms with van der Waals surface area (Å²) >= 11 is 6.23. The Kier molecular flexibility index (Phi) is 5.28. The van der Waals surface area contributed by atoms with Gasteiger partial charge in [-0.1, -0.05) is 17.7 Å². The first kappa shape index (κ1) is 19.1. The van der Waals surface area contributed by atoms with E-state index in [0.717, 1.165) is 0 Å². The van der Waals surface area contributed by atoms with Crippen LogP contribution < -0.4 is 0 Å². The number of hydrogen-bond donors (Lipinski definition) is 0. The van der Waals surface area contributed by atoms with E-state index in [-0.39, 0.29) is 0 Å². The van der Waals surface area contributed by atoms with Gasteiger partial charge in [-0.25, -0.2) is 13.8 Å². The van der Waals surface area contributed by atoms with Crippen molar-refractivity contribution < 1.29 is 8.78 Å². The Bertz CT molecular complexity index is 1130. The fourth-order valence-electron chi connectivity index (χ4n) is 3.54. The summed E-state index contributed by atoms with van der Waals surface area (Å²) in [5, 5.41) is 11.1. The smallest absolute Gasteiger partial charge is 0.163 e. The largest absolute Gasteiger partial charge is 0.343 e. The molecule has 0 spiro atoms. The summed E-state index contributed by atoms with van der Waals surface area (Å²) in [6.07, 6.45) is 5.61. The number of pyridine rings is 1. The summed E-state index contributed by atoms with van der Waals surface area (Å²) < 4.78 is 28.8. The number of allylic oxidation sites excluding steroid dienone is 1. The van der Waals surface area contributed by atoms with Crippen molar-refractivity contribution in [3.63, 3.8) is 0 Å². The molecular weight excluding hydrogens is 396 g/mol. The predicted molar refractivity (Wildman–Crippen MR) is 109 cm³/mol. The molecule has 0 N–H and O–H groups in total. The molecule has 5 nitrogen and oxygen atoms in total. The highest BCUT2D eigenvalue weighted by molar-refractivity contribution is 6.31. The van der Waals surface area contributed by atoms with Gasteiger partial charge in [-0.15, -0.1) is 0 Å². The summed E-state index contributed by atoms with van der Waals surface area (Å²) in [5.41, 5.74) is 1.52. The summed E-state index contributed by atoms with van der Waals surface area (Å²) in [5.74, 6) is 0.554. The third-order valence-corrected chi connectivity index (χ3v) is 5.07. The normalized spacial score (nSPS) is 16.0. The molecule has 0 saturated carbocycles. The van der Waals surface area contributed by atoms with Crippen LogP contribution in [0.5, 0.6) is 0 Å². The molecule has 1 aromatic carbocycles. The van der Waals surface area contributed by atoms with E-state index in [9.17, 15) is 14.0 Å². The van der Waals surface area contributed by atoms with Crippen LogP contribution in [0.4, 0.5) is 8.78 Å². The number of nitrogens with zero attached hydrogens (tertiary/aromatic N) is 5. The van der Waals surface area contributed by atoms with Crippen molar-refractivity contribution in [1.29, 1.82) is 5.26 Å². The van der Waals surface area contributed by atoms with Gasteiger partial charge in [0.05, 0.1) is 22.8 Å². The molecule has 3 heterocycles. The SMILES string of the molecule is N#Cc1c(C2N=CC=CN2C(CF)CF)n(-c2ccccn2)c2cc(Cl)ccc12. The number of aliphatic imine (C=N–C) groups is 1. The van der Waals surface area contributed by atoms with Gasteiger partial charge in [0.2, 0.25) is 0 Å². The molecule has 0 aliphatic carbocycles. The van der Waals surface area contributed by atoms with Crippen molar-refractivity contribution in [2.24, 2.45) is 4.99 Å². The zero-order chi connectivity index (χ0) is 20.4. The number of nitriles is 1. The summed E-state index contributed by atoms with van der Waals surface area (Å²) in [7, 11) is 0. The Hall–Kier alpha value is -3.24. The molecule has 4 rings (SSSR count).